The van der Waals surface area contributed by atoms with Gasteiger partial charge in [-0.15, -0.1) is 0 Å². The lowest BCUT2D eigenvalue weighted by Gasteiger charge is -2.03. The Morgan fingerprint density at radius 2 is 2.19 bits per heavy atom. The van der Waals surface area contributed by atoms with E-state index in [9.17, 15) is 5.11 Å². The number of aliphatic hydroxyl groups excluding tert-OH is 1. The molecule has 1 aliphatic rings. The van der Waals surface area contributed by atoms with Crippen LogP contribution in [0.1, 0.15) is 31.2 Å². The van der Waals surface area contributed by atoms with Gasteiger partial charge in [0.15, 0.2) is 0 Å². The smallest absolute Gasteiger partial charge is 0.0854 e. The predicted octanol–water partition coefficient (Wildman–Crippen LogP) is 2.53. The molecule has 2 aromatic heterocycles. The van der Waals surface area contributed by atoms with Crippen molar-refractivity contribution < 1.29 is 5.11 Å². The van der Waals surface area contributed by atoms with Gasteiger partial charge in [-0.1, -0.05) is 18.5 Å². The molecule has 0 bridgehead atoms. The second kappa shape index (κ2) is 3.22. The Bertz CT molecular complexity index is 557. The molecule has 2 aromatic rings. The van der Waals surface area contributed by atoms with Gasteiger partial charge in [0.2, 0.25) is 0 Å². The SMILES string of the molecule is CC1(c2cc3cc(Cl)cc(CO)n3n2)CC1. The second-order valence-corrected chi connectivity index (χ2v) is 5.19. The number of aromatic nitrogens is 2. The highest BCUT2D eigenvalue weighted by Gasteiger charge is 2.41. The number of nitrogens with zero attached hydrogens (tertiary/aromatic N) is 2. The molecule has 2 heterocycles. The van der Waals surface area contributed by atoms with Gasteiger partial charge in [-0.3, -0.25) is 0 Å². The highest BCUT2D eigenvalue weighted by Crippen LogP contribution is 2.47. The highest BCUT2D eigenvalue weighted by atomic mass is 35.5. The number of halogens is 1. The molecule has 84 valence electrons. The van der Waals surface area contributed by atoms with Crippen molar-refractivity contribution in [1.82, 2.24) is 9.61 Å². The van der Waals surface area contributed by atoms with E-state index in [-0.39, 0.29) is 12.0 Å². The molecule has 0 saturated heterocycles. The third-order valence-electron chi connectivity index (χ3n) is 3.38. The molecular weight excluding hydrogens is 224 g/mol. The van der Waals surface area contributed by atoms with Crippen LogP contribution in [-0.2, 0) is 12.0 Å². The molecule has 3 rings (SSSR count). The molecule has 0 spiro atoms. The summed E-state index contributed by atoms with van der Waals surface area (Å²) < 4.78 is 1.78. The van der Waals surface area contributed by atoms with E-state index >= 15 is 0 Å². The lowest BCUT2D eigenvalue weighted by atomic mass is 10.1. The van der Waals surface area contributed by atoms with Crippen molar-refractivity contribution >= 4 is 17.1 Å². The summed E-state index contributed by atoms with van der Waals surface area (Å²) in [5, 5.41) is 14.5. The summed E-state index contributed by atoms with van der Waals surface area (Å²) >= 11 is 5.99. The van der Waals surface area contributed by atoms with Gasteiger partial charge in [0.1, 0.15) is 0 Å². The van der Waals surface area contributed by atoms with Crippen molar-refractivity contribution in [2.24, 2.45) is 0 Å². The van der Waals surface area contributed by atoms with Crippen LogP contribution in [0.3, 0.4) is 0 Å². The topological polar surface area (TPSA) is 37.5 Å². The van der Waals surface area contributed by atoms with Gasteiger partial charge in [0, 0.05) is 10.4 Å². The molecule has 0 radical (unpaired) electrons. The first kappa shape index (κ1) is 10.1. The first-order valence-electron chi connectivity index (χ1n) is 5.42. The minimum atomic E-state index is -0.0467. The number of fused-ring (bicyclic) bond motifs is 1. The Hall–Kier alpha value is -1.06. The molecule has 1 aliphatic carbocycles. The van der Waals surface area contributed by atoms with Crippen molar-refractivity contribution in [2.45, 2.75) is 31.8 Å². The maximum Gasteiger partial charge on any atom is 0.0854 e. The van der Waals surface area contributed by atoms with Crippen molar-refractivity contribution in [1.29, 1.82) is 0 Å². The van der Waals surface area contributed by atoms with Gasteiger partial charge in [0.05, 0.1) is 23.5 Å². The largest absolute Gasteiger partial charge is 0.390 e. The molecule has 1 N–H and O–H groups in total. The van der Waals surface area contributed by atoms with Crippen molar-refractivity contribution in [3.63, 3.8) is 0 Å². The maximum atomic E-state index is 9.27. The van der Waals surface area contributed by atoms with Crippen molar-refractivity contribution in [3.05, 3.63) is 34.6 Å². The van der Waals surface area contributed by atoms with Gasteiger partial charge in [-0.25, -0.2) is 4.52 Å². The van der Waals surface area contributed by atoms with Gasteiger partial charge in [-0.05, 0) is 31.0 Å². The molecule has 0 aromatic carbocycles. The van der Waals surface area contributed by atoms with Gasteiger partial charge < -0.3 is 5.11 Å². The average Bonchev–Trinajstić information content (AvgIpc) is 2.86. The van der Waals surface area contributed by atoms with Crippen LogP contribution in [0.2, 0.25) is 5.02 Å². The average molecular weight is 237 g/mol. The van der Waals surface area contributed by atoms with E-state index < -0.39 is 0 Å². The Kier molecular flexibility index (Phi) is 2.03. The number of pyridine rings is 1. The van der Waals surface area contributed by atoms with Gasteiger partial charge in [-0.2, -0.15) is 5.10 Å². The Balaban J connectivity index is 2.23. The minimum Gasteiger partial charge on any atom is -0.390 e. The summed E-state index contributed by atoms with van der Waals surface area (Å²) in [7, 11) is 0. The molecule has 16 heavy (non-hydrogen) atoms. The number of hydrogen-bond donors (Lipinski definition) is 1. The number of rotatable bonds is 2. The molecule has 3 nitrogen and oxygen atoms in total. The fourth-order valence-corrected chi connectivity index (χ4v) is 2.22. The zero-order valence-electron chi connectivity index (χ0n) is 9.07. The lowest BCUT2D eigenvalue weighted by molar-refractivity contribution is 0.273. The van der Waals surface area contributed by atoms with Crippen LogP contribution in [0.25, 0.3) is 5.52 Å². The third-order valence-corrected chi connectivity index (χ3v) is 3.60. The van der Waals surface area contributed by atoms with Crippen LogP contribution in [0.4, 0.5) is 0 Å². The normalized spacial score (nSPS) is 17.9. The Labute approximate surface area is 98.7 Å². The first-order valence-corrected chi connectivity index (χ1v) is 5.80. The molecular formula is C12H13ClN2O. The van der Waals surface area contributed by atoms with Crippen LogP contribution in [-0.4, -0.2) is 14.7 Å². The van der Waals surface area contributed by atoms with Gasteiger partial charge >= 0.3 is 0 Å². The number of hydrogen-bond acceptors (Lipinski definition) is 2. The fourth-order valence-electron chi connectivity index (χ4n) is 1.98. The van der Waals surface area contributed by atoms with E-state index in [2.05, 4.69) is 18.1 Å². The summed E-state index contributed by atoms with van der Waals surface area (Å²) in [4.78, 5) is 0. The predicted molar refractivity (Wildman–Crippen MR) is 62.7 cm³/mol. The molecule has 1 saturated carbocycles. The zero-order chi connectivity index (χ0) is 11.3. The molecule has 0 amide bonds. The lowest BCUT2D eigenvalue weighted by Crippen LogP contribution is -2.03. The number of aliphatic hydroxyl groups is 1. The molecule has 0 unspecified atom stereocenters. The Morgan fingerprint density at radius 1 is 1.44 bits per heavy atom. The summed E-state index contributed by atoms with van der Waals surface area (Å²) in [5.41, 5.74) is 3.03. The molecule has 0 aliphatic heterocycles. The second-order valence-electron chi connectivity index (χ2n) is 4.75. The van der Waals surface area contributed by atoms with Crippen LogP contribution in [0, 0.1) is 0 Å². The van der Waals surface area contributed by atoms with Crippen LogP contribution < -0.4 is 0 Å². The van der Waals surface area contributed by atoms with E-state index in [1.54, 1.807) is 10.6 Å². The zero-order valence-corrected chi connectivity index (χ0v) is 9.83. The first-order chi connectivity index (χ1) is 7.62. The van der Waals surface area contributed by atoms with E-state index in [4.69, 9.17) is 11.6 Å². The summed E-state index contributed by atoms with van der Waals surface area (Å²) in [5.74, 6) is 0. The maximum absolute atomic E-state index is 9.27. The van der Waals surface area contributed by atoms with Crippen LogP contribution in [0.5, 0.6) is 0 Å². The molecule has 1 fully saturated rings. The standard InChI is InChI=1S/C12H13ClN2O/c1-12(2-3-12)11-6-9-4-8(13)5-10(7-16)15(9)14-11/h4-6,16H,2-3,7H2,1H3. The van der Waals surface area contributed by atoms with Crippen molar-refractivity contribution in [2.75, 3.05) is 0 Å². The van der Waals surface area contributed by atoms with Crippen LogP contribution in [0.15, 0.2) is 18.2 Å². The monoisotopic (exact) mass is 236 g/mol. The minimum absolute atomic E-state index is 0.0467. The highest BCUT2D eigenvalue weighted by molar-refractivity contribution is 6.30. The Morgan fingerprint density at radius 3 is 2.81 bits per heavy atom. The molecule has 4 heteroatoms. The third kappa shape index (κ3) is 1.43. The summed E-state index contributed by atoms with van der Waals surface area (Å²) in [6, 6.07) is 5.70. The summed E-state index contributed by atoms with van der Waals surface area (Å²) in [6.07, 6.45) is 2.39. The van der Waals surface area contributed by atoms with E-state index in [0.29, 0.717) is 5.02 Å². The molecule has 0 atom stereocenters. The summed E-state index contributed by atoms with van der Waals surface area (Å²) in [6.45, 7) is 2.17. The van der Waals surface area contributed by atoms with Gasteiger partial charge in [0.25, 0.3) is 0 Å². The van der Waals surface area contributed by atoms with Crippen LogP contribution >= 0.6 is 11.6 Å². The van der Waals surface area contributed by atoms with E-state index in [1.807, 2.05) is 6.07 Å². The van der Waals surface area contributed by atoms with Crippen molar-refractivity contribution in [3.8, 4) is 0 Å². The fraction of sp³-hybridized carbons (Fsp3) is 0.417. The van der Waals surface area contributed by atoms with E-state index in [1.165, 1.54) is 12.8 Å². The van der Waals surface area contributed by atoms with E-state index in [0.717, 1.165) is 16.9 Å². The quantitative estimate of drug-likeness (QED) is 0.870.